The number of ether oxygens (including phenoxy) is 1. The normalized spacial score (nSPS) is 19.5. The molecule has 6 nitrogen and oxygen atoms in total. The second-order valence-corrected chi connectivity index (χ2v) is 8.22. The molecule has 1 aliphatic carbocycles. The van der Waals surface area contributed by atoms with Crippen LogP contribution in [0.5, 0.6) is 0 Å². The number of amides is 1. The fraction of sp³-hybridized carbons (Fsp3) is 0.381. The Morgan fingerprint density at radius 1 is 1.21 bits per heavy atom. The van der Waals surface area contributed by atoms with Crippen molar-refractivity contribution in [2.45, 2.75) is 38.1 Å². The van der Waals surface area contributed by atoms with Gasteiger partial charge in [-0.05, 0) is 37.2 Å². The molecule has 0 aliphatic heterocycles. The van der Waals surface area contributed by atoms with E-state index in [0.29, 0.717) is 25.0 Å². The molecule has 1 N–H and O–H groups in total. The van der Waals surface area contributed by atoms with Crippen molar-refractivity contribution in [2.24, 2.45) is 5.92 Å². The summed E-state index contributed by atoms with van der Waals surface area (Å²) < 4.78 is 8.51. The van der Waals surface area contributed by atoms with Crippen molar-refractivity contribution < 1.29 is 9.53 Å². The Labute approximate surface area is 177 Å². The van der Waals surface area contributed by atoms with E-state index < -0.39 is 0 Å². The Kier molecular flexibility index (Phi) is 6.09. The van der Waals surface area contributed by atoms with E-state index in [-0.39, 0.29) is 6.09 Å². The molecule has 3 aromatic rings. The quantitative estimate of drug-likeness (QED) is 0.534. The minimum atomic E-state index is -0.341. The molecule has 7 heteroatoms. The fourth-order valence-corrected chi connectivity index (χ4v) is 4.52. The molecule has 1 saturated carbocycles. The lowest BCUT2D eigenvalue weighted by Crippen LogP contribution is -2.27. The molecule has 1 aliphatic rings. The molecular weight excluding hydrogens is 467 g/mol. The highest BCUT2D eigenvalue weighted by atomic mass is 127. The molecule has 1 amide bonds. The van der Waals surface area contributed by atoms with Gasteiger partial charge in [-0.3, -0.25) is 9.38 Å². The third-order valence-corrected chi connectivity index (χ3v) is 6.16. The Morgan fingerprint density at radius 3 is 2.79 bits per heavy atom. The highest BCUT2D eigenvalue weighted by Crippen LogP contribution is 2.37. The fourth-order valence-electron chi connectivity index (χ4n) is 3.84. The van der Waals surface area contributed by atoms with Gasteiger partial charge in [-0.15, -0.1) is 0 Å². The van der Waals surface area contributed by atoms with E-state index in [1.165, 1.54) is 0 Å². The standard InChI is InChI=1S/C21H23IN4O2/c22-20-25-19(18-13-23-10-11-26(18)20)17-8-6-16(7-9-17)14-28-21(27)24-12-15-4-2-1-3-5-15/h1-5,10-11,13,16-17H,6-9,12,14H2,(H,24,27). The van der Waals surface area contributed by atoms with Gasteiger partial charge in [-0.25, -0.2) is 9.78 Å². The van der Waals surface area contributed by atoms with Crippen LogP contribution in [0.25, 0.3) is 5.52 Å². The predicted molar refractivity (Wildman–Crippen MR) is 115 cm³/mol. The molecule has 0 saturated heterocycles. The van der Waals surface area contributed by atoms with E-state index >= 15 is 0 Å². The number of nitrogens with one attached hydrogen (secondary N) is 1. The van der Waals surface area contributed by atoms with Crippen molar-refractivity contribution >= 4 is 34.2 Å². The number of carbonyl (C=O) groups is 1. The predicted octanol–water partition coefficient (Wildman–Crippen LogP) is 4.53. The van der Waals surface area contributed by atoms with Gasteiger partial charge in [0.2, 0.25) is 0 Å². The number of hydrogen-bond donors (Lipinski definition) is 1. The van der Waals surface area contributed by atoms with Crippen LogP contribution in [-0.2, 0) is 11.3 Å². The zero-order chi connectivity index (χ0) is 19.3. The van der Waals surface area contributed by atoms with Gasteiger partial charge in [0.05, 0.1) is 24.0 Å². The van der Waals surface area contributed by atoms with Gasteiger partial charge in [0, 0.05) is 47.4 Å². The summed E-state index contributed by atoms with van der Waals surface area (Å²) in [6.07, 6.45) is 9.54. The van der Waals surface area contributed by atoms with Crippen LogP contribution in [0.15, 0.2) is 48.9 Å². The van der Waals surface area contributed by atoms with Gasteiger partial charge >= 0.3 is 6.09 Å². The van der Waals surface area contributed by atoms with Crippen LogP contribution in [0, 0.1) is 9.75 Å². The second kappa shape index (κ2) is 8.89. The van der Waals surface area contributed by atoms with Crippen LogP contribution >= 0.6 is 22.6 Å². The van der Waals surface area contributed by atoms with Gasteiger partial charge in [-0.1, -0.05) is 30.3 Å². The lowest BCUT2D eigenvalue weighted by molar-refractivity contribution is 0.113. The summed E-state index contributed by atoms with van der Waals surface area (Å²) in [7, 11) is 0. The monoisotopic (exact) mass is 490 g/mol. The Balaban J connectivity index is 1.25. The molecule has 1 aromatic carbocycles. The summed E-state index contributed by atoms with van der Waals surface area (Å²) in [4.78, 5) is 21.0. The van der Waals surface area contributed by atoms with Crippen LogP contribution in [0.4, 0.5) is 4.79 Å². The van der Waals surface area contributed by atoms with Crippen LogP contribution in [-0.4, -0.2) is 27.1 Å². The molecule has 0 atom stereocenters. The average Bonchev–Trinajstić information content (AvgIpc) is 3.09. The number of aromatic nitrogens is 3. The second-order valence-electron chi connectivity index (χ2n) is 7.25. The van der Waals surface area contributed by atoms with Gasteiger partial charge in [-0.2, -0.15) is 0 Å². The molecule has 28 heavy (non-hydrogen) atoms. The van der Waals surface area contributed by atoms with E-state index in [4.69, 9.17) is 9.72 Å². The lowest BCUT2D eigenvalue weighted by Gasteiger charge is -2.27. The highest BCUT2D eigenvalue weighted by Gasteiger charge is 2.26. The van der Waals surface area contributed by atoms with E-state index in [1.54, 1.807) is 6.20 Å². The van der Waals surface area contributed by atoms with Crippen molar-refractivity contribution in [2.75, 3.05) is 6.61 Å². The van der Waals surface area contributed by atoms with Crippen LogP contribution < -0.4 is 5.32 Å². The van der Waals surface area contributed by atoms with E-state index in [2.05, 4.69) is 37.3 Å². The first-order valence-corrected chi connectivity index (χ1v) is 10.7. The van der Waals surface area contributed by atoms with E-state index in [0.717, 1.165) is 46.3 Å². The maximum absolute atomic E-state index is 11.9. The summed E-state index contributed by atoms with van der Waals surface area (Å²) >= 11 is 2.27. The molecule has 2 heterocycles. The molecule has 0 spiro atoms. The summed E-state index contributed by atoms with van der Waals surface area (Å²) in [6.45, 7) is 0.975. The topological polar surface area (TPSA) is 68.5 Å². The Bertz CT molecular complexity index is 936. The first-order valence-electron chi connectivity index (χ1n) is 9.62. The summed E-state index contributed by atoms with van der Waals surface area (Å²) in [5, 5.41) is 2.81. The van der Waals surface area contributed by atoms with Crippen LogP contribution in [0.1, 0.15) is 42.9 Å². The average molecular weight is 490 g/mol. The number of nitrogens with zero attached hydrogens (tertiary/aromatic N) is 3. The number of hydrogen-bond acceptors (Lipinski definition) is 4. The van der Waals surface area contributed by atoms with Crippen LogP contribution in [0.3, 0.4) is 0 Å². The molecule has 146 valence electrons. The zero-order valence-corrected chi connectivity index (χ0v) is 17.7. The largest absolute Gasteiger partial charge is 0.449 e. The maximum atomic E-state index is 11.9. The Morgan fingerprint density at radius 2 is 2.00 bits per heavy atom. The number of carbonyl (C=O) groups excluding carboxylic acids is 1. The van der Waals surface area contributed by atoms with Crippen molar-refractivity contribution in [3.05, 3.63) is 64.0 Å². The summed E-state index contributed by atoms with van der Waals surface area (Å²) in [5.41, 5.74) is 3.32. The number of alkyl carbamates (subject to hydrolysis) is 1. The number of rotatable bonds is 5. The number of halogens is 1. The summed E-state index contributed by atoms with van der Waals surface area (Å²) in [6, 6.07) is 9.85. The highest BCUT2D eigenvalue weighted by molar-refractivity contribution is 14.1. The van der Waals surface area contributed by atoms with E-state index in [9.17, 15) is 4.79 Å². The third-order valence-electron chi connectivity index (χ3n) is 5.40. The minimum absolute atomic E-state index is 0.341. The molecule has 2 aromatic heterocycles. The molecule has 1 fully saturated rings. The maximum Gasteiger partial charge on any atom is 0.407 e. The first kappa shape index (κ1) is 19.2. The van der Waals surface area contributed by atoms with Gasteiger partial charge < -0.3 is 10.1 Å². The van der Waals surface area contributed by atoms with Crippen molar-refractivity contribution in [1.29, 1.82) is 0 Å². The van der Waals surface area contributed by atoms with Gasteiger partial charge in [0.15, 0.2) is 3.83 Å². The number of imidazole rings is 1. The molecule has 0 unspecified atom stereocenters. The number of benzene rings is 1. The molecular formula is C21H23IN4O2. The van der Waals surface area contributed by atoms with E-state index in [1.807, 2.05) is 42.7 Å². The van der Waals surface area contributed by atoms with Gasteiger partial charge in [0.1, 0.15) is 0 Å². The first-order chi connectivity index (χ1) is 13.7. The SMILES string of the molecule is O=C(NCc1ccccc1)OCC1CCC(c2nc(I)n3ccncc23)CC1. The zero-order valence-electron chi connectivity index (χ0n) is 15.6. The van der Waals surface area contributed by atoms with Crippen molar-refractivity contribution in [3.8, 4) is 0 Å². The Hall–Kier alpha value is -2.16. The molecule has 0 radical (unpaired) electrons. The smallest absolute Gasteiger partial charge is 0.407 e. The lowest BCUT2D eigenvalue weighted by atomic mass is 9.80. The molecule has 4 rings (SSSR count). The number of fused-ring (bicyclic) bond motifs is 1. The minimum Gasteiger partial charge on any atom is -0.449 e. The molecule has 0 bridgehead atoms. The van der Waals surface area contributed by atoms with Crippen molar-refractivity contribution in [3.63, 3.8) is 0 Å². The summed E-state index contributed by atoms with van der Waals surface area (Å²) in [5.74, 6) is 0.871. The van der Waals surface area contributed by atoms with Crippen LogP contribution in [0.2, 0.25) is 0 Å². The third kappa shape index (κ3) is 4.45. The van der Waals surface area contributed by atoms with Crippen molar-refractivity contribution in [1.82, 2.24) is 19.7 Å². The van der Waals surface area contributed by atoms with Gasteiger partial charge in [0.25, 0.3) is 0 Å².